The maximum absolute atomic E-state index is 5.50. The first kappa shape index (κ1) is 13.9. The smallest absolute Gasteiger partial charge is 0.0604 e. The predicted octanol–water partition coefficient (Wildman–Crippen LogP) is 0.722. The van der Waals surface area contributed by atoms with Crippen molar-refractivity contribution >= 4 is 0 Å². The molecule has 0 unspecified atom stereocenters. The minimum atomic E-state index is 0.497. The van der Waals surface area contributed by atoms with Crippen LogP contribution >= 0.6 is 0 Å². The van der Waals surface area contributed by atoms with Gasteiger partial charge in [-0.3, -0.25) is 0 Å². The molecule has 1 rings (SSSR count). The lowest BCUT2D eigenvalue weighted by atomic mass is 9.89. The van der Waals surface area contributed by atoms with Gasteiger partial charge in [0.25, 0.3) is 0 Å². The van der Waals surface area contributed by atoms with E-state index in [1.807, 2.05) is 0 Å². The van der Waals surface area contributed by atoms with E-state index in [9.17, 15) is 0 Å². The van der Waals surface area contributed by atoms with E-state index >= 15 is 0 Å². The van der Waals surface area contributed by atoms with Crippen LogP contribution in [0.3, 0.4) is 0 Å². The minimum absolute atomic E-state index is 0.497. The van der Waals surface area contributed by atoms with Gasteiger partial charge in [-0.25, -0.2) is 0 Å². The van der Waals surface area contributed by atoms with Crippen molar-refractivity contribution in [3.63, 3.8) is 0 Å². The van der Waals surface area contributed by atoms with E-state index < -0.39 is 0 Å². The van der Waals surface area contributed by atoms with Gasteiger partial charge in [-0.05, 0) is 33.9 Å². The maximum Gasteiger partial charge on any atom is 0.0604 e. The van der Waals surface area contributed by atoms with Gasteiger partial charge in [-0.2, -0.15) is 0 Å². The fourth-order valence-electron chi connectivity index (χ4n) is 1.79. The summed E-state index contributed by atoms with van der Waals surface area (Å²) in [6.45, 7) is 6.47. The molecule has 96 valence electrons. The third-order valence-corrected chi connectivity index (χ3v) is 2.86. The Bertz CT molecular complexity index is 170. The monoisotopic (exact) mass is 230 g/mol. The van der Waals surface area contributed by atoms with Crippen molar-refractivity contribution in [1.29, 1.82) is 0 Å². The number of nitrogens with one attached hydrogen (secondary N) is 1. The number of rotatable bonds is 9. The molecule has 1 saturated carbocycles. The Labute approximate surface area is 99.3 Å². The molecule has 0 amide bonds. The van der Waals surface area contributed by atoms with Gasteiger partial charge in [0.15, 0.2) is 0 Å². The van der Waals surface area contributed by atoms with Crippen molar-refractivity contribution in [3.8, 4) is 0 Å². The van der Waals surface area contributed by atoms with Gasteiger partial charge < -0.3 is 19.7 Å². The number of ether oxygens (including phenoxy) is 2. The highest BCUT2D eigenvalue weighted by molar-refractivity contribution is 4.85. The Kier molecular flexibility index (Phi) is 6.96. The van der Waals surface area contributed by atoms with E-state index in [4.69, 9.17) is 9.47 Å². The van der Waals surface area contributed by atoms with Crippen LogP contribution in [0.1, 0.15) is 19.8 Å². The van der Waals surface area contributed by atoms with Gasteiger partial charge in [0.2, 0.25) is 0 Å². The molecule has 0 bridgehead atoms. The fourth-order valence-corrected chi connectivity index (χ4v) is 1.79. The topological polar surface area (TPSA) is 33.7 Å². The molecular weight excluding hydrogens is 204 g/mol. The maximum atomic E-state index is 5.50. The van der Waals surface area contributed by atoms with Crippen molar-refractivity contribution in [3.05, 3.63) is 0 Å². The largest absolute Gasteiger partial charge is 0.379 e. The van der Waals surface area contributed by atoms with Crippen molar-refractivity contribution in [2.45, 2.75) is 31.9 Å². The summed E-state index contributed by atoms with van der Waals surface area (Å²) in [7, 11) is 4.12. The molecule has 0 saturated heterocycles. The van der Waals surface area contributed by atoms with Crippen molar-refractivity contribution in [2.75, 3.05) is 47.0 Å². The van der Waals surface area contributed by atoms with Crippen molar-refractivity contribution in [1.82, 2.24) is 10.2 Å². The third-order valence-electron chi connectivity index (χ3n) is 2.86. The zero-order valence-corrected chi connectivity index (χ0v) is 10.9. The van der Waals surface area contributed by atoms with Crippen LogP contribution < -0.4 is 5.32 Å². The molecule has 1 fully saturated rings. The third kappa shape index (κ3) is 5.80. The SMILES string of the molecule is CCOC1CC(NCCOCCN(C)C)C1. The summed E-state index contributed by atoms with van der Waals surface area (Å²) in [6, 6.07) is 0.647. The average molecular weight is 230 g/mol. The standard InChI is InChI=1S/C12H26N2O2/c1-4-16-12-9-11(10-12)13-5-7-15-8-6-14(2)3/h11-13H,4-10H2,1-3H3. The Balaban J connectivity index is 1.79. The van der Waals surface area contributed by atoms with Crippen LogP contribution in [-0.2, 0) is 9.47 Å². The highest BCUT2D eigenvalue weighted by Gasteiger charge is 2.28. The van der Waals surface area contributed by atoms with Gasteiger partial charge in [0.05, 0.1) is 19.3 Å². The van der Waals surface area contributed by atoms with E-state index in [-0.39, 0.29) is 0 Å². The zero-order valence-electron chi connectivity index (χ0n) is 10.9. The normalized spacial score (nSPS) is 24.8. The first-order valence-electron chi connectivity index (χ1n) is 6.29. The first-order chi connectivity index (χ1) is 7.72. The Morgan fingerprint density at radius 2 is 2.00 bits per heavy atom. The summed E-state index contributed by atoms with van der Waals surface area (Å²) in [5.41, 5.74) is 0. The predicted molar refractivity (Wildman–Crippen MR) is 65.8 cm³/mol. The summed E-state index contributed by atoms with van der Waals surface area (Å²) in [5, 5.41) is 3.48. The van der Waals surface area contributed by atoms with E-state index in [2.05, 4.69) is 31.2 Å². The molecule has 0 aromatic heterocycles. The second kappa shape index (κ2) is 8.01. The van der Waals surface area contributed by atoms with Crippen molar-refractivity contribution in [2.24, 2.45) is 0 Å². The first-order valence-corrected chi connectivity index (χ1v) is 6.29. The van der Waals surface area contributed by atoms with Crippen LogP contribution in [0, 0.1) is 0 Å². The molecule has 0 atom stereocenters. The number of hydrogen-bond acceptors (Lipinski definition) is 4. The van der Waals surface area contributed by atoms with Gasteiger partial charge >= 0.3 is 0 Å². The molecule has 1 aliphatic rings. The lowest BCUT2D eigenvalue weighted by molar-refractivity contribution is -0.0115. The second-order valence-electron chi connectivity index (χ2n) is 4.62. The highest BCUT2D eigenvalue weighted by atomic mass is 16.5. The Hall–Kier alpha value is -0.160. The number of hydrogen-bond donors (Lipinski definition) is 1. The summed E-state index contributed by atoms with van der Waals surface area (Å²) in [5.74, 6) is 0. The minimum Gasteiger partial charge on any atom is -0.379 e. The molecule has 4 heteroatoms. The van der Waals surface area contributed by atoms with Gasteiger partial charge in [-0.1, -0.05) is 0 Å². The Morgan fingerprint density at radius 3 is 2.62 bits per heavy atom. The molecule has 0 heterocycles. The molecule has 0 radical (unpaired) electrons. The fraction of sp³-hybridized carbons (Fsp3) is 1.00. The number of nitrogens with zero attached hydrogens (tertiary/aromatic N) is 1. The van der Waals surface area contributed by atoms with E-state index in [1.54, 1.807) is 0 Å². The summed E-state index contributed by atoms with van der Waals surface area (Å²) in [6.07, 6.45) is 2.81. The van der Waals surface area contributed by atoms with Crippen LogP contribution in [0.25, 0.3) is 0 Å². The highest BCUT2D eigenvalue weighted by Crippen LogP contribution is 2.22. The van der Waals surface area contributed by atoms with Gasteiger partial charge in [-0.15, -0.1) is 0 Å². The van der Waals surface area contributed by atoms with E-state index in [1.165, 1.54) is 0 Å². The molecule has 1 N–H and O–H groups in total. The van der Waals surface area contributed by atoms with Crippen molar-refractivity contribution < 1.29 is 9.47 Å². The van der Waals surface area contributed by atoms with E-state index in [0.29, 0.717) is 12.1 Å². The zero-order chi connectivity index (χ0) is 11.8. The van der Waals surface area contributed by atoms with Crippen LogP contribution in [0.5, 0.6) is 0 Å². The van der Waals surface area contributed by atoms with Gasteiger partial charge in [0.1, 0.15) is 0 Å². The molecular formula is C12H26N2O2. The summed E-state index contributed by atoms with van der Waals surface area (Å²) in [4.78, 5) is 2.13. The Morgan fingerprint density at radius 1 is 1.25 bits per heavy atom. The van der Waals surface area contributed by atoms with Crippen LogP contribution in [-0.4, -0.2) is 64.1 Å². The van der Waals surface area contributed by atoms with Crippen LogP contribution in [0.4, 0.5) is 0 Å². The molecule has 0 spiro atoms. The summed E-state index contributed by atoms with van der Waals surface area (Å²) >= 11 is 0. The summed E-state index contributed by atoms with van der Waals surface area (Å²) < 4.78 is 11.0. The lowest BCUT2D eigenvalue weighted by Crippen LogP contribution is -2.46. The van der Waals surface area contributed by atoms with Crippen LogP contribution in [0.2, 0.25) is 0 Å². The molecule has 4 nitrogen and oxygen atoms in total. The molecule has 16 heavy (non-hydrogen) atoms. The average Bonchev–Trinajstić information content (AvgIpc) is 2.18. The molecule has 0 aromatic carbocycles. The van der Waals surface area contributed by atoms with Gasteiger partial charge in [0, 0.05) is 25.7 Å². The van der Waals surface area contributed by atoms with Crippen LogP contribution in [0.15, 0.2) is 0 Å². The van der Waals surface area contributed by atoms with E-state index in [0.717, 1.165) is 45.8 Å². The number of likely N-dealkylation sites (N-methyl/N-ethyl adjacent to an activating group) is 1. The molecule has 0 aromatic rings. The lowest BCUT2D eigenvalue weighted by Gasteiger charge is -2.35. The quantitative estimate of drug-likeness (QED) is 0.592. The second-order valence-corrected chi connectivity index (χ2v) is 4.62. The molecule has 1 aliphatic carbocycles. The molecule has 0 aliphatic heterocycles.